The fourth-order valence-electron chi connectivity index (χ4n) is 3.00. The van der Waals surface area contributed by atoms with Crippen LogP contribution in [-0.2, 0) is 31.2 Å². The molecule has 23 heavy (non-hydrogen) atoms. The maximum Gasteiger partial charge on any atom is 0.355 e. The Bertz CT molecular complexity index is 967. The van der Waals surface area contributed by atoms with Gasteiger partial charge in [-0.15, -0.1) is 11.3 Å². The van der Waals surface area contributed by atoms with E-state index in [4.69, 9.17) is 4.74 Å². The molecule has 6 nitrogen and oxygen atoms in total. The maximum atomic E-state index is 12.3. The van der Waals surface area contributed by atoms with Gasteiger partial charge >= 0.3 is 5.97 Å². The molecular weight excluding hydrogens is 314 g/mol. The van der Waals surface area contributed by atoms with Crippen molar-refractivity contribution in [2.24, 2.45) is 7.05 Å². The van der Waals surface area contributed by atoms with Crippen molar-refractivity contribution in [3.8, 4) is 0 Å². The van der Waals surface area contributed by atoms with Gasteiger partial charge in [-0.1, -0.05) is 0 Å². The van der Waals surface area contributed by atoms with Crippen LogP contribution in [0.1, 0.15) is 33.2 Å². The Labute approximate surface area is 135 Å². The summed E-state index contributed by atoms with van der Waals surface area (Å²) in [4.78, 5) is 33.5. The highest BCUT2D eigenvalue weighted by molar-refractivity contribution is 7.18. The molecule has 0 saturated carbocycles. The first-order valence-electron chi connectivity index (χ1n) is 7.45. The summed E-state index contributed by atoms with van der Waals surface area (Å²) in [5.41, 5.74) is 1.47. The average Bonchev–Trinajstić information content (AvgIpc) is 3.19. The zero-order valence-electron chi connectivity index (χ0n) is 12.6. The number of nitrogens with zero attached hydrogens (tertiary/aromatic N) is 2. The molecule has 0 unspecified atom stereocenters. The maximum absolute atomic E-state index is 12.3. The fourth-order valence-corrected chi connectivity index (χ4v) is 4.28. The van der Waals surface area contributed by atoms with Gasteiger partial charge in [0.2, 0.25) is 0 Å². The first kappa shape index (κ1) is 14.2. The molecule has 0 amide bonds. The number of esters is 1. The van der Waals surface area contributed by atoms with Crippen molar-refractivity contribution >= 4 is 27.5 Å². The van der Waals surface area contributed by atoms with Gasteiger partial charge in [0.1, 0.15) is 23.0 Å². The Balaban J connectivity index is 1.59. The molecule has 1 N–H and O–H groups in total. The average molecular weight is 329 g/mol. The lowest BCUT2D eigenvalue weighted by Crippen LogP contribution is -2.15. The number of carbonyl (C=O) groups excluding carboxylic acids is 1. The minimum atomic E-state index is -0.436. The molecule has 0 fully saturated rings. The van der Waals surface area contributed by atoms with Crippen molar-refractivity contribution in [1.82, 2.24) is 14.5 Å². The number of aromatic amines is 1. The molecule has 0 aromatic carbocycles. The van der Waals surface area contributed by atoms with E-state index in [0.717, 1.165) is 29.7 Å². The number of ether oxygens (including phenoxy) is 1. The van der Waals surface area contributed by atoms with Crippen molar-refractivity contribution in [3.05, 3.63) is 50.6 Å². The molecule has 0 atom stereocenters. The van der Waals surface area contributed by atoms with Crippen LogP contribution in [0.5, 0.6) is 0 Å². The van der Waals surface area contributed by atoms with Gasteiger partial charge in [-0.2, -0.15) is 0 Å². The monoisotopic (exact) mass is 329 g/mol. The number of nitrogens with one attached hydrogen (secondary N) is 1. The lowest BCUT2D eigenvalue weighted by Gasteiger charge is -2.05. The first-order valence-corrected chi connectivity index (χ1v) is 8.27. The summed E-state index contributed by atoms with van der Waals surface area (Å²) >= 11 is 1.57. The number of rotatable bonds is 3. The second kappa shape index (κ2) is 5.34. The molecule has 118 valence electrons. The van der Waals surface area contributed by atoms with Crippen molar-refractivity contribution < 1.29 is 9.53 Å². The number of carbonyl (C=O) groups is 1. The molecule has 7 heteroatoms. The van der Waals surface area contributed by atoms with E-state index in [-0.39, 0.29) is 12.2 Å². The lowest BCUT2D eigenvalue weighted by atomic mass is 10.2. The Kier molecular flexibility index (Phi) is 3.30. The smallest absolute Gasteiger partial charge is 0.355 e. The SMILES string of the molecule is Cn1cccc1C(=O)OCc1nc2sc3c(c2c(=O)[nH]1)CCC3. The largest absolute Gasteiger partial charge is 0.453 e. The van der Waals surface area contributed by atoms with Gasteiger partial charge in [-0.3, -0.25) is 4.79 Å². The van der Waals surface area contributed by atoms with Crippen LogP contribution >= 0.6 is 11.3 Å². The minimum Gasteiger partial charge on any atom is -0.453 e. The van der Waals surface area contributed by atoms with Gasteiger partial charge in [0, 0.05) is 18.1 Å². The van der Waals surface area contributed by atoms with Crippen LogP contribution in [0.3, 0.4) is 0 Å². The number of aromatic nitrogens is 3. The Morgan fingerprint density at radius 2 is 2.35 bits per heavy atom. The van der Waals surface area contributed by atoms with Gasteiger partial charge in [0.05, 0.1) is 5.39 Å². The van der Waals surface area contributed by atoms with Gasteiger partial charge in [-0.05, 0) is 37.0 Å². The third-order valence-corrected chi connectivity index (χ3v) is 5.30. The third kappa shape index (κ3) is 2.37. The predicted octanol–water partition coefficient (Wildman–Crippen LogP) is 2.17. The predicted molar refractivity (Wildman–Crippen MR) is 86.8 cm³/mol. The molecule has 0 bridgehead atoms. The quantitative estimate of drug-likeness (QED) is 0.747. The molecule has 4 rings (SSSR count). The van der Waals surface area contributed by atoms with E-state index in [1.54, 1.807) is 41.3 Å². The highest BCUT2D eigenvalue weighted by atomic mass is 32.1. The van der Waals surface area contributed by atoms with E-state index in [0.29, 0.717) is 16.9 Å². The number of aryl methyl sites for hydroxylation is 3. The summed E-state index contributed by atoms with van der Waals surface area (Å²) in [6.45, 7) is -0.0439. The molecule has 0 saturated heterocycles. The van der Waals surface area contributed by atoms with E-state index in [1.807, 2.05) is 0 Å². The van der Waals surface area contributed by atoms with Gasteiger partial charge in [-0.25, -0.2) is 9.78 Å². The molecule has 0 radical (unpaired) electrons. The van der Waals surface area contributed by atoms with Gasteiger partial charge in [0.25, 0.3) is 5.56 Å². The summed E-state index contributed by atoms with van der Waals surface area (Å²) in [5.74, 6) is -0.0566. The summed E-state index contributed by atoms with van der Waals surface area (Å²) < 4.78 is 6.93. The standard InChI is InChI=1S/C16H15N3O3S/c1-19-7-3-5-10(19)16(21)22-8-12-17-14(20)13-9-4-2-6-11(9)23-15(13)18-12/h3,5,7H,2,4,6,8H2,1H3,(H,17,18,20). The summed E-state index contributed by atoms with van der Waals surface area (Å²) in [6, 6.07) is 3.46. The first-order chi connectivity index (χ1) is 11.1. The Morgan fingerprint density at radius 1 is 1.48 bits per heavy atom. The fraction of sp³-hybridized carbons (Fsp3) is 0.312. The number of hydrogen-bond acceptors (Lipinski definition) is 5. The molecule has 3 heterocycles. The van der Waals surface area contributed by atoms with Crippen molar-refractivity contribution in [2.75, 3.05) is 0 Å². The molecule has 3 aromatic rings. The van der Waals surface area contributed by atoms with E-state index in [1.165, 1.54) is 4.88 Å². The van der Waals surface area contributed by atoms with E-state index >= 15 is 0 Å². The topological polar surface area (TPSA) is 77.0 Å². The molecule has 0 spiro atoms. The molecule has 0 aliphatic heterocycles. The van der Waals surface area contributed by atoms with Crippen LogP contribution < -0.4 is 5.56 Å². The molecule has 1 aliphatic rings. The van der Waals surface area contributed by atoms with Crippen LogP contribution in [0.4, 0.5) is 0 Å². The highest BCUT2D eigenvalue weighted by Crippen LogP contribution is 2.34. The van der Waals surface area contributed by atoms with Crippen LogP contribution in [0.25, 0.3) is 10.2 Å². The summed E-state index contributed by atoms with van der Waals surface area (Å²) in [6.07, 6.45) is 4.85. The molecule has 1 aliphatic carbocycles. The van der Waals surface area contributed by atoms with Crippen LogP contribution in [-0.4, -0.2) is 20.5 Å². The molecule has 3 aromatic heterocycles. The van der Waals surface area contributed by atoms with Crippen molar-refractivity contribution in [2.45, 2.75) is 25.9 Å². The number of hydrogen-bond donors (Lipinski definition) is 1. The summed E-state index contributed by atoms with van der Waals surface area (Å²) in [5, 5.41) is 0.708. The third-order valence-electron chi connectivity index (χ3n) is 4.12. The van der Waals surface area contributed by atoms with E-state index in [9.17, 15) is 9.59 Å². The van der Waals surface area contributed by atoms with Crippen molar-refractivity contribution in [1.29, 1.82) is 0 Å². The number of thiophene rings is 1. The van der Waals surface area contributed by atoms with Crippen LogP contribution in [0.15, 0.2) is 23.1 Å². The van der Waals surface area contributed by atoms with E-state index < -0.39 is 5.97 Å². The minimum absolute atomic E-state index is 0.0439. The van der Waals surface area contributed by atoms with Gasteiger partial charge in [0.15, 0.2) is 0 Å². The lowest BCUT2D eigenvalue weighted by molar-refractivity contribution is 0.0451. The highest BCUT2D eigenvalue weighted by Gasteiger charge is 2.21. The zero-order valence-corrected chi connectivity index (χ0v) is 13.4. The van der Waals surface area contributed by atoms with E-state index in [2.05, 4.69) is 9.97 Å². The number of H-pyrrole nitrogens is 1. The van der Waals surface area contributed by atoms with Crippen LogP contribution in [0.2, 0.25) is 0 Å². The molecular formula is C16H15N3O3S. The zero-order chi connectivity index (χ0) is 16.0. The second-order valence-electron chi connectivity index (χ2n) is 5.63. The number of fused-ring (bicyclic) bond motifs is 3. The summed E-state index contributed by atoms with van der Waals surface area (Å²) in [7, 11) is 1.77. The van der Waals surface area contributed by atoms with Crippen molar-refractivity contribution in [3.63, 3.8) is 0 Å². The van der Waals surface area contributed by atoms with Gasteiger partial charge < -0.3 is 14.3 Å². The Morgan fingerprint density at radius 3 is 3.13 bits per heavy atom. The normalized spacial score (nSPS) is 13.4. The second-order valence-corrected chi connectivity index (χ2v) is 6.71. The Hall–Kier alpha value is -2.41. The van der Waals surface area contributed by atoms with Crippen LogP contribution in [0, 0.1) is 0 Å².